The molecule has 0 radical (unpaired) electrons. The molecule has 2 atom stereocenters. The van der Waals surface area contributed by atoms with Gasteiger partial charge >= 0.3 is 5.97 Å². The van der Waals surface area contributed by atoms with Gasteiger partial charge in [-0.1, -0.05) is 42.5 Å². The highest BCUT2D eigenvalue weighted by Gasteiger charge is 2.21. The summed E-state index contributed by atoms with van der Waals surface area (Å²) in [6, 6.07) is 14.4. The molecule has 2 aromatic carbocycles. The van der Waals surface area contributed by atoms with Gasteiger partial charge < -0.3 is 10.2 Å². The molecular weight excluding hydrogens is 276 g/mol. The first kappa shape index (κ1) is 14.4. The summed E-state index contributed by atoms with van der Waals surface area (Å²) in [7, 11) is -1.39. The van der Waals surface area contributed by atoms with Crippen LogP contribution in [0.2, 0.25) is 0 Å². The third-order valence-electron chi connectivity index (χ3n) is 2.96. The second kappa shape index (κ2) is 5.98. The van der Waals surface area contributed by atoms with Gasteiger partial charge in [0.15, 0.2) is 6.10 Å². The van der Waals surface area contributed by atoms with E-state index in [-0.39, 0.29) is 5.56 Å². The van der Waals surface area contributed by atoms with Crippen molar-refractivity contribution < 1.29 is 19.2 Å². The summed E-state index contributed by atoms with van der Waals surface area (Å²) >= 11 is 0. The van der Waals surface area contributed by atoms with Crippen LogP contribution >= 0.6 is 0 Å². The summed E-state index contributed by atoms with van der Waals surface area (Å²) in [4.78, 5) is 11.2. The smallest absolute Gasteiger partial charge is 0.337 e. The second-order valence-corrected chi connectivity index (χ2v) is 5.66. The normalized spacial score (nSPS) is 13.7. The third-order valence-corrected chi connectivity index (χ3v) is 3.93. The molecular formula is C15H14O4S. The SMILES string of the molecule is CS(=O)c1cc(-c2ccccc2)ccc1C(O)C(=O)O. The zero-order valence-corrected chi connectivity index (χ0v) is 11.6. The van der Waals surface area contributed by atoms with Crippen LogP contribution in [0.15, 0.2) is 53.4 Å². The Bertz CT molecular complexity index is 652. The van der Waals surface area contributed by atoms with Crippen molar-refractivity contribution in [1.82, 2.24) is 0 Å². The molecule has 5 heteroatoms. The van der Waals surface area contributed by atoms with Gasteiger partial charge in [0.05, 0.1) is 10.8 Å². The number of benzene rings is 2. The Labute approximate surface area is 119 Å². The first-order valence-electron chi connectivity index (χ1n) is 5.94. The molecule has 104 valence electrons. The summed E-state index contributed by atoms with van der Waals surface area (Å²) in [6.45, 7) is 0. The Hall–Kier alpha value is -1.98. The molecule has 2 aromatic rings. The maximum atomic E-state index is 11.8. The average Bonchev–Trinajstić information content (AvgIpc) is 2.46. The number of rotatable bonds is 4. The van der Waals surface area contributed by atoms with E-state index in [4.69, 9.17) is 5.11 Å². The average molecular weight is 290 g/mol. The van der Waals surface area contributed by atoms with E-state index in [0.29, 0.717) is 4.90 Å². The largest absolute Gasteiger partial charge is 0.479 e. The lowest BCUT2D eigenvalue weighted by molar-refractivity contribution is -0.147. The van der Waals surface area contributed by atoms with E-state index < -0.39 is 22.9 Å². The fourth-order valence-electron chi connectivity index (χ4n) is 1.95. The summed E-state index contributed by atoms with van der Waals surface area (Å²) in [5, 5.41) is 18.5. The second-order valence-electron chi connectivity index (χ2n) is 4.31. The highest BCUT2D eigenvalue weighted by Crippen LogP contribution is 2.27. The van der Waals surface area contributed by atoms with Gasteiger partial charge in [-0.2, -0.15) is 0 Å². The summed E-state index contributed by atoms with van der Waals surface area (Å²) in [5.74, 6) is -1.36. The van der Waals surface area contributed by atoms with Crippen LogP contribution in [-0.4, -0.2) is 26.6 Å². The van der Waals surface area contributed by atoms with Gasteiger partial charge in [-0.05, 0) is 17.2 Å². The molecule has 2 N–H and O–H groups in total. The number of carboxylic acid groups (broad SMARTS) is 1. The van der Waals surface area contributed by atoms with Crippen molar-refractivity contribution in [1.29, 1.82) is 0 Å². The summed E-state index contributed by atoms with van der Waals surface area (Å²) in [6.07, 6.45) is -0.207. The zero-order chi connectivity index (χ0) is 14.7. The molecule has 4 nitrogen and oxygen atoms in total. The predicted octanol–water partition coefficient (Wildman–Crippen LogP) is 2.21. The summed E-state index contributed by atoms with van der Waals surface area (Å²) in [5.41, 5.74) is 1.94. The summed E-state index contributed by atoms with van der Waals surface area (Å²) < 4.78 is 11.8. The lowest BCUT2D eigenvalue weighted by Gasteiger charge is -2.12. The van der Waals surface area contributed by atoms with Crippen molar-refractivity contribution in [2.45, 2.75) is 11.0 Å². The minimum atomic E-state index is -1.67. The molecule has 0 aliphatic carbocycles. The van der Waals surface area contributed by atoms with Crippen LogP contribution in [0.1, 0.15) is 11.7 Å². The Balaban J connectivity index is 2.54. The van der Waals surface area contributed by atoms with Crippen LogP contribution in [0.4, 0.5) is 0 Å². The highest BCUT2D eigenvalue weighted by molar-refractivity contribution is 7.84. The Morgan fingerprint density at radius 1 is 1.10 bits per heavy atom. The predicted molar refractivity (Wildman–Crippen MR) is 76.8 cm³/mol. The Morgan fingerprint density at radius 3 is 2.30 bits per heavy atom. The molecule has 0 fully saturated rings. The minimum absolute atomic E-state index is 0.165. The van der Waals surface area contributed by atoms with Crippen molar-refractivity contribution in [3.05, 3.63) is 54.1 Å². The lowest BCUT2D eigenvalue weighted by atomic mass is 10.0. The van der Waals surface area contributed by atoms with Crippen LogP contribution in [-0.2, 0) is 15.6 Å². The molecule has 0 amide bonds. The third kappa shape index (κ3) is 2.95. The molecule has 0 aromatic heterocycles. The standard InChI is InChI=1S/C15H14O4S/c1-20(19)13-9-11(10-5-3-2-4-6-10)7-8-12(13)14(16)15(17)18/h2-9,14,16H,1H3,(H,17,18). The molecule has 20 heavy (non-hydrogen) atoms. The van der Waals surface area contributed by atoms with E-state index >= 15 is 0 Å². The number of aliphatic hydroxyl groups is 1. The van der Waals surface area contributed by atoms with E-state index in [9.17, 15) is 14.1 Å². The quantitative estimate of drug-likeness (QED) is 0.905. The highest BCUT2D eigenvalue weighted by atomic mass is 32.2. The topological polar surface area (TPSA) is 74.6 Å². The van der Waals surface area contributed by atoms with Crippen molar-refractivity contribution in [2.75, 3.05) is 6.26 Å². The fourth-order valence-corrected chi connectivity index (χ4v) is 2.76. The number of aliphatic carboxylic acids is 1. The van der Waals surface area contributed by atoms with Crippen LogP contribution in [0.5, 0.6) is 0 Å². The van der Waals surface area contributed by atoms with Crippen LogP contribution in [0.25, 0.3) is 11.1 Å². The van der Waals surface area contributed by atoms with Crippen LogP contribution < -0.4 is 0 Å². The van der Waals surface area contributed by atoms with E-state index in [1.165, 1.54) is 12.3 Å². The zero-order valence-electron chi connectivity index (χ0n) is 10.8. The van der Waals surface area contributed by atoms with E-state index in [1.807, 2.05) is 30.3 Å². The fraction of sp³-hybridized carbons (Fsp3) is 0.133. The van der Waals surface area contributed by atoms with Gasteiger partial charge in [0, 0.05) is 16.7 Å². The Kier molecular flexibility index (Phi) is 4.32. The first-order chi connectivity index (χ1) is 9.50. The number of aliphatic hydroxyl groups excluding tert-OH is 1. The van der Waals surface area contributed by atoms with Gasteiger partial charge in [0.1, 0.15) is 0 Å². The van der Waals surface area contributed by atoms with Gasteiger partial charge in [0.25, 0.3) is 0 Å². The number of carboxylic acids is 1. The molecule has 0 aliphatic rings. The van der Waals surface area contributed by atoms with E-state index in [1.54, 1.807) is 12.1 Å². The molecule has 2 unspecified atom stereocenters. The molecule has 0 heterocycles. The number of carbonyl (C=O) groups is 1. The maximum absolute atomic E-state index is 11.8. The Morgan fingerprint density at radius 2 is 1.75 bits per heavy atom. The molecule has 0 saturated heterocycles. The van der Waals surface area contributed by atoms with Gasteiger partial charge in [-0.25, -0.2) is 4.79 Å². The molecule has 0 saturated carbocycles. The van der Waals surface area contributed by atoms with Crippen LogP contribution in [0.3, 0.4) is 0 Å². The maximum Gasteiger partial charge on any atom is 0.337 e. The monoisotopic (exact) mass is 290 g/mol. The lowest BCUT2D eigenvalue weighted by Crippen LogP contribution is -2.13. The van der Waals surface area contributed by atoms with Gasteiger partial charge in [-0.15, -0.1) is 0 Å². The molecule has 0 spiro atoms. The van der Waals surface area contributed by atoms with Crippen LogP contribution in [0, 0.1) is 0 Å². The molecule has 0 aliphatic heterocycles. The van der Waals surface area contributed by atoms with Crippen molar-refractivity contribution in [2.24, 2.45) is 0 Å². The minimum Gasteiger partial charge on any atom is -0.479 e. The number of hydrogen-bond donors (Lipinski definition) is 2. The van der Waals surface area contributed by atoms with Gasteiger partial charge in [-0.3, -0.25) is 4.21 Å². The van der Waals surface area contributed by atoms with Crippen molar-refractivity contribution in [3.8, 4) is 11.1 Å². The van der Waals surface area contributed by atoms with Crippen molar-refractivity contribution >= 4 is 16.8 Å². The van der Waals surface area contributed by atoms with E-state index in [0.717, 1.165) is 11.1 Å². The van der Waals surface area contributed by atoms with E-state index in [2.05, 4.69) is 0 Å². The molecule has 2 rings (SSSR count). The van der Waals surface area contributed by atoms with Crippen molar-refractivity contribution in [3.63, 3.8) is 0 Å². The van der Waals surface area contributed by atoms with Gasteiger partial charge in [0.2, 0.25) is 0 Å². The number of hydrogen-bond acceptors (Lipinski definition) is 3. The molecule has 0 bridgehead atoms. The first-order valence-corrected chi connectivity index (χ1v) is 7.50.